The molecule has 7 heteroatoms. The fraction of sp³-hybridized carbons (Fsp3) is 0.600. The Morgan fingerprint density at radius 3 is 2.59 bits per heavy atom. The van der Waals surface area contributed by atoms with Gasteiger partial charge in [0.15, 0.2) is 0 Å². The first-order chi connectivity index (χ1) is 8.06. The second-order valence-electron chi connectivity index (χ2n) is 2.79. The van der Waals surface area contributed by atoms with Crippen molar-refractivity contribution >= 4 is 28.0 Å². The number of carbonyl (C=O) groups excluding carboxylic acids is 2. The van der Waals surface area contributed by atoms with E-state index in [-0.39, 0.29) is 18.5 Å². The molecule has 0 aromatic rings. The van der Waals surface area contributed by atoms with Crippen LogP contribution in [0.3, 0.4) is 0 Å². The van der Waals surface area contributed by atoms with E-state index in [1.165, 1.54) is 7.11 Å². The predicted molar refractivity (Wildman–Crippen MR) is 63.5 cm³/mol. The summed E-state index contributed by atoms with van der Waals surface area (Å²) in [6.07, 6.45) is 4.22. The van der Waals surface area contributed by atoms with Crippen LogP contribution in [0, 0.1) is 12.3 Å². The molecule has 0 rings (SSSR count). The summed E-state index contributed by atoms with van der Waals surface area (Å²) in [6.45, 7) is 1.63. The lowest BCUT2D eigenvalue weighted by Crippen LogP contribution is -2.58. The monoisotopic (exact) mass is 307 g/mol. The van der Waals surface area contributed by atoms with E-state index in [4.69, 9.17) is 15.9 Å². The Morgan fingerprint density at radius 1 is 1.53 bits per heavy atom. The van der Waals surface area contributed by atoms with E-state index in [1.807, 2.05) is 0 Å². The number of alkyl halides is 1. The molecule has 0 heterocycles. The first-order valence-electron chi connectivity index (χ1n) is 4.73. The molecule has 0 aromatic heterocycles. The standard InChI is InChI=1S/C10H14BrNO5/c1-4-6-17-10(7-11,8(13)16-5-2)12-9(14)15-3/h1H,5-7H2,2-3H3,(H,12,14). The minimum absolute atomic E-state index is 0.0182. The second kappa shape index (κ2) is 7.92. The molecular weight excluding hydrogens is 294 g/mol. The van der Waals surface area contributed by atoms with Gasteiger partial charge in [0.05, 0.1) is 19.0 Å². The maximum absolute atomic E-state index is 11.7. The fourth-order valence-electron chi connectivity index (χ4n) is 0.901. The van der Waals surface area contributed by atoms with E-state index in [1.54, 1.807) is 6.92 Å². The molecule has 0 bridgehead atoms. The molecule has 0 aliphatic rings. The van der Waals surface area contributed by atoms with Crippen molar-refractivity contribution in [2.75, 3.05) is 25.7 Å². The van der Waals surface area contributed by atoms with Gasteiger partial charge in [-0.3, -0.25) is 5.32 Å². The molecule has 1 N–H and O–H groups in total. The van der Waals surface area contributed by atoms with Crippen LogP contribution >= 0.6 is 15.9 Å². The summed E-state index contributed by atoms with van der Waals surface area (Å²) in [5.41, 5.74) is -1.69. The number of rotatable bonds is 6. The Bertz CT molecular complexity index is 314. The van der Waals surface area contributed by atoms with Crippen LogP contribution in [0.5, 0.6) is 0 Å². The van der Waals surface area contributed by atoms with Gasteiger partial charge in [-0.2, -0.15) is 0 Å². The molecule has 0 fully saturated rings. The summed E-state index contributed by atoms with van der Waals surface area (Å²) in [7, 11) is 1.17. The largest absolute Gasteiger partial charge is 0.462 e. The number of methoxy groups -OCH3 is 1. The lowest BCUT2D eigenvalue weighted by atomic mass is 10.2. The van der Waals surface area contributed by atoms with Crippen molar-refractivity contribution in [3.63, 3.8) is 0 Å². The van der Waals surface area contributed by atoms with Gasteiger partial charge in [-0.05, 0) is 6.92 Å². The summed E-state index contributed by atoms with van der Waals surface area (Å²) < 4.78 is 14.4. The quantitative estimate of drug-likeness (QED) is 0.337. The second-order valence-corrected chi connectivity index (χ2v) is 3.35. The van der Waals surface area contributed by atoms with Gasteiger partial charge in [0.2, 0.25) is 0 Å². The van der Waals surface area contributed by atoms with Crippen LogP contribution in [0.25, 0.3) is 0 Å². The van der Waals surface area contributed by atoms with Crippen molar-refractivity contribution < 1.29 is 23.8 Å². The topological polar surface area (TPSA) is 73.9 Å². The Balaban J connectivity index is 4.92. The number of hydrogen-bond acceptors (Lipinski definition) is 5. The van der Waals surface area contributed by atoms with Crippen molar-refractivity contribution in [3.8, 4) is 12.3 Å². The van der Waals surface area contributed by atoms with E-state index >= 15 is 0 Å². The van der Waals surface area contributed by atoms with Crippen molar-refractivity contribution in [2.45, 2.75) is 12.6 Å². The highest BCUT2D eigenvalue weighted by molar-refractivity contribution is 9.09. The highest BCUT2D eigenvalue weighted by atomic mass is 79.9. The fourth-order valence-corrected chi connectivity index (χ4v) is 1.43. The summed E-state index contributed by atoms with van der Waals surface area (Å²) in [4.78, 5) is 22.9. The molecule has 0 aliphatic heterocycles. The molecule has 0 spiro atoms. The SMILES string of the molecule is C#CCOC(CBr)(NC(=O)OC)C(=O)OCC. The number of terminal acetylenes is 1. The number of nitrogens with one attached hydrogen (secondary N) is 1. The van der Waals surface area contributed by atoms with Crippen molar-refractivity contribution in [1.82, 2.24) is 5.32 Å². The number of hydrogen-bond donors (Lipinski definition) is 1. The van der Waals surface area contributed by atoms with Crippen LogP contribution in [0.2, 0.25) is 0 Å². The van der Waals surface area contributed by atoms with Crippen LogP contribution in [0.4, 0.5) is 4.79 Å². The van der Waals surface area contributed by atoms with Crippen LogP contribution in [-0.4, -0.2) is 43.4 Å². The maximum atomic E-state index is 11.7. The molecule has 1 unspecified atom stereocenters. The summed E-state index contributed by atoms with van der Waals surface area (Å²) >= 11 is 3.07. The Labute approximate surface area is 108 Å². The zero-order chi connectivity index (χ0) is 13.3. The van der Waals surface area contributed by atoms with E-state index in [9.17, 15) is 9.59 Å². The van der Waals surface area contributed by atoms with Crippen LogP contribution in [-0.2, 0) is 19.0 Å². The average Bonchev–Trinajstić information content (AvgIpc) is 2.34. The Kier molecular flexibility index (Phi) is 7.34. The molecule has 1 amide bonds. The lowest BCUT2D eigenvalue weighted by Gasteiger charge is -2.28. The van der Waals surface area contributed by atoms with Gasteiger partial charge < -0.3 is 14.2 Å². The molecule has 0 saturated heterocycles. The third kappa shape index (κ3) is 4.63. The van der Waals surface area contributed by atoms with Gasteiger partial charge in [-0.25, -0.2) is 9.59 Å². The molecule has 6 nitrogen and oxygen atoms in total. The summed E-state index contributed by atoms with van der Waals surface area (Å²) in [5, 5.41) is 2.23. The van der Waals surface area contributed by atoms with Crippen molar-refractivity contribution in [3.05, 3.63) is 0 Å². The van der Waals surface area contributed by atoms with Gasteiger partial charge in [0.1, 0.15) is 6.61 Å². The van der Waals surface area contributed by atoms with Gasteiger partial charge in [0.25, 0.3) is 5.72 Å². The number of amides is 1. The normalized spacial score (nSPS) is 13.1. The zero-order valence-electron chi connectivity index (χ0n) is 9.62. The van der Waals surface area contributed by atoms with E-state index in [0.717, 1.165) is 0 Å². The molecule has 0 saturated carbocycles. The van der Waals surface area contributed by atoms with Gasteiger partial charge in [-0.1, -0.05) is 21.9 Å². The number of ether oxygens (including phenoxy) is 3. The summed E-state index contributed by atoms with van der Waals surface area (Å²) in [6, 6.07) is 0. The van der Waals surface area contributed by atoms with Gasteiger partial charge >= 0.3 is 12.1 Å². The first-order valence-corrected chi connectivity index (χ1v) is 5.85. The van der Waals surface area contributed by atoms with Crippen molar-refractivity contribution in [2.24, 2.45) is 0 Å². The zero-order valence-corrected chi connectivity index (χ0v) is 11.2. The highest BCUT2D eigenvalue weighted by Gasteiger charge is 2.42. The Morgan fingerprint density at radius 2 is 2.18 bits per heavy atom. The minimum Gasteiger partial charge on any atom is -0.462 e. The number of esters is 1. The van der Waals surface area contributed by atoms with E-state index in [2.05, 4.69) is 31.9 Å². The third-order valence-electron chi connectivity index (χ3n) is 1.68. The van der Waals surface area contributed by atoms with E-state index < -0.39 is 17.8 Å². The molecule has 0 radical (unpaired) electrons. The lowest BCUT2D eigenvalue weighted by molar-refractivity contribution is -0.170. The summed E-state index contributed by atoms with van der Waals surface area (Å²) in [5.74, 6) is 1.45. The number of alkyl carbamates (subject to hydrolysis) is 1. The highest BCUT2D eigenvalue weighted by Crippen LogP contribution is 2.14. The molecule has 1 atom stereocenters. The number of carbonyl (C=O) groups is 2. The molecule has 0 aliphatic carbocycles. The molecule has 96 valence electrons. The average molecular weight is 308 g/mol. The van der Waals surface area contributed by atoms with Gasteiger partial charge in [-0.15, -0.1) is 6.42 Å². The smallest absolute Gasteiger partial charge is 0.409 e. The minimum atomic E-state index is -1.69. The third-order valence-corrected chi connectivity index (χ3v) is 2.47. The maximum Gasteiger partial charge on any atom is 0.409 e. The number of halogens is 1. The Hall–Kier alpha value is -1.26. The van der Waals surface area contributed by atoms with Crippen molar-refractivity contribution in [1.29, 1.82) is 0 Å². The predicted octanol–water partition coefficient (Wildman–Crippen LogP) is 0.646. The molecule has 17 heavy (non-hydrogen) atoms. The van der Waals surface area contributed by atoms with E-state index in [0.29, 0.717) is 0 Å². The molecular formula is C10H14BrNO5. The van der Waals surface area contributed by atoms with Crippen LogP contribution in [0.15, 0.2) is 0 Å². The first kappa shape index (κ1) is 15.7. The van der Waals surface area contributed by atoms with Gasteiger partial charge in [0, 0.05) is 0 Å². The molecule has 0 aromatic carbocycles. The van der Waals surface area contributed by atoms with Crippen LogP contribution < -0.4 is 5.32 Å². The van der Waals surface area contributed by atoms with Crippen LogP contribution in [0.1, 0.15) is 6.92 Å².